The van der Waals surface area contributed by atoms with Crippen LogP contribution in [0.25, 0.3) is 11.1 Å². The van der Waals surface area contributed by atoms with E-state index in [1.807, 2.05) is 24.3 Å². The topological polar surface area (TPSA) is 120 Å². The van der Waals surface area contributed by atoms with Crippen molar-refractivity contribution in [3.63, 3.8) is 0 Å². The molecule has 0 aliphatic heterocycles. The molecule has 2 aromatic rings. The Bertz CT molecular complexity index is 986. The zero-order valence-electron chi connectivity index (χ0n) is 19.9. The molecule has 0 spiro atoms. The summed E-state index contributed by atoms with van der Waals surface area (Å²) in [6.07, 6.45) is 0.353. The van der Waals surface area contributed by atoms with E-state index in [0.29, 0.717) is 25.8 Å². The standard InChI is InChI=1S/C26H33N3O5/c1-26(2,3)34-25(32)29-22(23(27)30)14-8-9-15-28-24(31)33-16-21-19-12-6-4-10-17(19)18-11-5-7-13-20(18)21/h4-7,10-13,21-22H,8-9,14-16H2,1-3H3,(H2,27,30)(H,28,31)(H,29,32)/t22-/m0/s1. The molecule has 0 saturated heterocycles. The van der Waals surface area contributed by atoms with Gasteiger partial charge < -0.3 is 25.8 Å². The smallest absolute Gasteiger partial charge is 0.408 e. The summed E-state index contributed by atoms with van der Waals surface area (Å²) in [5.41, 5.74) is 9.38. The van der Waals surface area contributed by atoms with E-state index in [4.69, 9.17) is 15.2 Å². The van der Waals surface area contributed by atoms with Crippen LogP contribution in [-0.2, 0) is 14.3 Å². The number of nitrogens with one attached hydrogen (secondary N) is 2. The van der Waals surface area contributed by atoms with Crippen molar-refractivity contribution in [3.8, 4) is 11.1 Å². The van der Waals surface area contributed by atoms with Gasteiger partial charge in [0.2, 0.25) is 5.91 Å². The molecule has 1 aliphatic carbocycles. The van der Waals surface area contributed by atoms with Gasteiger partial charge in [0.15, 0.2) is 0 Å². The second-order valence-corrected chi connectivity index (χ2v) is 9.35. The number of rotatable bonds is 9. The predicted molar refractivity (Wildman–Crippen MR) is 129 cm³/mol. The number of carbonyl (C=O) groups excluding carboxylic acids is 3. The highest BCUT2D eigenvalue weighted by Crippen LogP contribution is 2.44. The van der Waals surface area contributed by atoms with Gasteiger partial charge in [-0.1, -0.05) is 48.5 Å². The first kappa shape index (κ1) is 25.1. The third-order valence-corrected chi connectivity index (χ3v) is 5.57. The average molecular weight is 468 g/mol. The van der Waals surface area contributed by atoms with Crippen LogP contribution in [0.15, 0.2) is 48.5 Å². The van der Waals surface area contributed by atoms with Crippen LogP contribution in [0.2, 0.25) is 0 Å². The van der Waals surface area contributed by atoms with Gasteiger partial charge in [-0.2, -0.15) is 0 Å². The molecule has 0 radical (unpaired) electrons. The summed E-state index contributed by atoms with van der Waals surface area (Å²) < 4.78 is 10.7. The quantitative estimate of drug-likeness (QED) is 0.480. The van der Waals surface area contributed by atoms with E-state index < -0.39 is 29.7 Å². The predicted octanol–water partition coefficient (Wildman–Crippen LogP) is 4.07. The number of fused-ring (bicyclic) bond motifs is 3. The zero-order valence-corrected chi connectivity index (χ0v) is 19.9. The van der Waals surface area contributed by atoms with E-state index in [0.717, 1.165) is 11.1 Å². The van der Waals surface area contributed by atoms with Gasteiger partial charge in [0.25, 0.3) is 0 Å². The summed E-state index contributed by atoms with van der Waals surface area (Å²) in [6, 6.07) is 15.5. The third-order valence-electron chi connectivity index (χ3n) is 5.57. The third kappa shape index (κ3) is 6.73. The summed E-state index contributed by atoms with van der Waals surface area (Å²) >= 11 is 0. The number of alkyl carbamates (subject to hydrolysis) is 2. The van der Waals surface area contributed by atoms with Gasteiger partial charge in [-0.15, -0.1) is 0 Å². The normalized spacial score (nSPS) is 13.4. The minimum atomic E-state index is -0.829. The molecule has 0 fully saturated rings. The molecule has 182 valence electrons. The van der Waals surface area contributed by atoms with E-state index in [9.17, 15) is 14.4 Å². The van der Waals surface area contributed by atoms with E-state index in [1.54, 1.807) is 20.8 Å². The van der Waals surface area contributed by atoms with Gasteiger partial charge in [0, 0.05) is 12.5 Å². The van der Waals surface area contributed by atoms with Crippen LogP contribution in [0.4, 0.5) is 9.59 Å². The lowest BCUT2D eigenvalue weighted by molar-refractivity contribution is -0.120. The first-order chi connectivity index (χ1) is 16.2. The van der Waals surface area contributed by atoms with Crippen LogP contribution >= 0.6 is 0 Å². The minimum Gasteiger partial charge on any atom is -0.449 e. The Hall–Kier alpha value is -3.55. The lowest BCUT2D eigenvalue weighted by Gasteiger charge is -2.22. The monoisotopic (exact) mass is 467 g/mol. The number of benzene rings is 2. The molecule has 2 aromatic carbocycles. The molecule has 3 rings (SSSR count). The number of hydrogen-bond donors (Lipinski definition) is 3. The van der Waals surface area contributed by atoms with Crippen molar-refractivity contribution < 1.29 is 23.9 Å². The highest BCUT2D eigenvalue weighted by atomic mass is 16.6. The molecule has 0 bridgehead atoms. The molecule has 34 heavy (non-hydrogen) atoms. The molecule has 0 saturated carbocycles. The van der Waals surface area contributed by atoms with Crippen molar-refractivity contribution in [2.45, 2.75) is 57.6 Å². The Labute approximate surface area is 200 Å². The molecular formula is C26H33N3O5. The van der Waals surface area contributed by atoms with Crippen molar-refractivity contribution in [2.24, 2.45) is 5.73 Å². The second-order valence-electron chi connectivity index (χ2n) is 9.35. The molecule has 0 aromatic heterocycles. The second kappa shape index (κ2) is 11.0. The lowest BCUT2D eigenvalue weighted by atomic mass is 9.98. The summed E-state index contributed by atoms with van der Waals surface area (Å²) in [4.78, 5) is 35.7. The number of ether oxygens (including phenoxy) is 2. The van der Waals surface area contributed by atoms with Crippen molar-refractivity contribution in [1.82, 2.24) is 10.6 Å². The fraction of sp³-hybridized carbons (Fsp3) is 0.423. The maximum Gasteiger partial charge on any atom is 0.408 e. The van der Waals surface area contributed by atoms with E-state index in [-0.39, 0.29) is 12.5 Å². The van der Waals surface area contributed by atoms with Crippen LogP contribution < -0.4 is 16.4 Å². The number of unbranched alkanes of at least 4 members (excludes halogenated alkanes) is 1. The minimum absolute atomic E-state index is 0.00778. The molecule has 1 aliphatic rings. The van der Waals surface area contributed by atoms with Gasteiger partial charge in [-0.3, -0.25) is 4.79 Å². The van der Waals surface area contributed by atoms with Gasteiger partial charge >= 0.3 is 12.2 Å². The highest BCUT2D eigenvalue weighted by molar-refractivity contribution is 5.84. The van der Waals surface area contributed by atoms with Crippen molar-refractivity contribution >= 4 is 18.1 Å². The molecule has 8 heteroatoms. The Morgan fingerprint density at radius 2 is 1.53 bits per heavy atom. The molecular weight excluding hydrogens is 434 g/mol. The number of hydrogen-bond acceptors (Lipinski definition) is 5. The first-order valence-electron chi connectivity index (χ1n) is 11.5. The number of primary amides is 1. The summed E-state index contributed by atoms with van der Waals surface area (Å²) in [7, 11) is 0. The van der Waals surface area contributed by atoms with E-state index in [2.05, 4.69) is 34.9 Å². The van der Waals surface area contributed by atoms with Crippen LogP contribution in [-0.4, -0.2) is 42.9 Å². The van der Waals surface area contributed by atoms with Gasteiger partial charge in [0.1, 0.15) is 18.2 Å². The number of amides is 3. The van der Waals surface area contributed by atoms with E-state index >= 15 is 0 Å². The molecule has 1 atom stereocenters. The largest absolute Gasteiger partial charge is 0.449 e. The maximum absolute atomic E-state index is 12.2. The first-order valence-corrected chi connectivity index (χ1v) is 11.5. The Balaban J connectivity index is 1.40. The molecule has 8 nitrogen and oxygen atoms in total. The molecule has 0 heterocycles. The van der Waals surface area contributed by atoms with Crippen molar-refractivity contribution in [2.75, 3.05) is 13.2 Å². The van der Waals surface area contributed by atoms with Gasteiger partial charge in [-0.05, 0) is 62.3 Å². The average Bonchev–Trinajstić information content (AvgIpc) is 3.09. The van der Waals surface area contributed by atoms with Crippen LogP contribution in [0.5, 0.6) is 0 Å². The Kier molecular flexibility index (Phi) is 8.15. The van der Waals surface area contributed by atoms with Gasteiger partial charge in [0.05, 0.1) is 0 Å². The number of carbonyl (C=O) groups is 3. The molecule has 3 amide bonds. The maximum atomic E-state index is 12.2. The highest BCUT2D eigenvalue weighted by Gasteiger charge is 2.29. The van der Waals surface area contributed by atoms with Crippen molar-refractivity contribution in [1.29, 1.82) is 0 Å². The van der Waals surface area contributed by atoms with Crippen molar-refractivity contribution in [3.05, 3.63) is 59.7 Å². The fourth-order valence-electron chi connectivity index (χ4n) is 4.05. The fourth-order valence-corrected chi connectivity index (χ4v) is 4.05. The molecule has 4 N–H and O–H groups in total. The number of nitrogens with two attached hydrogens (primary N) is 1. The summed E-state index contributed by atoms with van der Waals surface area (Å²) in [6.45, 7) is 5.85. The Morgan fingerprint density at radius 3 is 2.09 bits per heavy atom. The zero-order chi connectivity index (χ0) is 24.7. The summed E-state index contributed by atoms with van der Waals surface area (Å²) in [5, 5.41) is 5.23. The van der Waals surface area contributed by atoms with Gasteiger partial charge in [-0.25, -0.2) is 9.59 Å². The Morgan fingerprint density at radius 1 is 0.941 bits per heavy atom. The SMILES string of the molecule is CC(C)(C)OC(=O)N[C@@H](CCCCNC(=O)OCC1c2ccccc2-c2ccccc21)C(N)=O. The molecule has 0 unspecified atom stereocenters. The van der Waals surface area contributed by atoms with Crippen LogP contribution in [0, 0.1) is 0 Å². The van der Waals surface area contributed by atoms with Crippen LogP contribution in [0.3, 0.4) is 0 Å². The lowest BCUT2D eigenvalue weighted by Crippen LogP contribution is -2.46. The summed E-state index contributed by atoms with van der Waals surface area (Å²) in [5.74, 6) is -0.622. The van der Waals surface area contributed by atoms with E-state index in [1.165, 1.54) is 11.1 Å². The van der Waals surface area contributed by atoms with Crippen LogP contribution in [0.1, 0.15) is 57.1 Å².